The maximum Gasteiger partial charge on any atom is 0.306 e. The Morgan fingerprint density at radius 1 is 1.04 bits per heavy atom. The number of allylic oxidation sites excluding steroid dienone is 2. The van der Waals surface area contributed by atoms with Gasteiger partial charge in [0, 0.05) is 22.5 Å². The van der Waals surface area contributed by atoms with Gasteiger partial charge in [-0.2, -0.15) is 0 Å². The standard InChI is InChI=1S/C23H24NO3P/c1-24-23(18-9-5-3-6-10-18)20-14-13-17(16-22(25)27-2)15-21(20)28(24,26)19-11-7-4-8-12-19/h3-15,17,20,23H,16H2,1-2H3/t17-,20+,23-,28?/m0/s1. The number of hydrogen-bond acceptors (Lipinski definition) is 3. The molecule has 1 aliphatic carbocycles. The number of hydrogen-bond donors (Lipinski definition) is 0. The Hall–Kier alpha value is -2.42. The molecule has 4 nitrogen and oxygen atoms in total. The molecule has 144 valence electrons. The molecule has 1 unspecified atom stereocenters. The fraction of sp³-hybridized carbons (Fsp3) is 0.261. The first-order chi connectivity index (χ1) is 13.6. The summed E-state index contributed by atoms with van der Waals surface area (Å²) in [5, 5.41) is 1.76. The van der Waals surface area contributed by atoms with Gasteiger partial charge in [-0.1, -0.05) is 66.8 Å². The molecule has 0 bridgehead atoms. The molecular weight excluding hydrogens is 369 g/mol. The van der Waals surface area contributed by atoms with E-state index >= 15 is 0 Å². The lowest BCUT2D eigenvalue weighted by atomic mass is 9.86. The lowest BCUT2D eigenvalue weighted by molar-refractivity contribution is -0.141. The summed E-state index contributed by atoms with van der Waals surface area (Å²) in [5.74, 6) is -0.337. The number of fused-ring (bicyclic) bond motifs is 1. The molecule has 1 fully saturated rings. The van der Waals surface area contributed by atoms with Crippen LogP contribution in [0.15, 0.2) is 84.2 Å². The lowest BCUT2D eigenvalue weighted by Crippen LogP contribution is -2.22. The highest BCUT2D eigenvalue weighted by Gasteiger charge is 2.52. The highest BCUT2D eigenvalue weighted by atomic mass is 31.2. The zero-order valence-corrected chi connectivity index (χ0v) is 17.0. The van der Waals surface area contributed by atoms with Crippen LogP contribution < -0.4 is 5.30 Å². The summed E-state index contributed by atoms with van der Waals surface area (Å²) in [4.78, 5) is 11.8. The average molecular weight is 393 g/mol. The molecule has 0 saturated carbocycles. The van der Waals surface area contributed by atoms with E-state index in [1.54, 1.807) is 0 Å². The predicted octanol–water partition coefficient (Wildman–Crippen LogP) is 4.53. The third-order valence-electron chi connectivity index (χ3n) is 5.71. The van der Waals surface area contributed by atoms with Crippen LogP contribution in [0.5, 0.6) is 0 Å². The van der Waals surface area contributed by atoms with E-state index in [1.165, 1.54) is 7.11 Å². The van der Waals surface area contributed by atoms with Crippen molar-refractivity contribution < 1.29 is 14.1 Å². The van der Waals surface area contributed by atoms with Gasteiger partial charge in [-0.15, -0.1) is 0 Å². The number of benzene rings is 2. The molecule has 28 heavy (non-hydrogen) atoms. The molecule has 0 N–H and O–H groups in total. The van der Waals surface area contributed by atoms with Gasteiger partial charge in [-0.05, 0) is 24.7 Å². The minimum atomic E-state index is -2.96. The van der Waals surface area contributed by atoms with E-state index < -0.39 is 7.29 Å². The van der Waals surface area contributed by atoms with E-state index in [-0.39, 0.29) is 30.3 Å². The second-order valence-corrected chi connectivity index (χ2v) is 10.1. The number of esters is 1. The number of carbonyl (C=O) groups excluding carboxylic acids is 1. The molecule has 0 aromatic heterocycles. The normalized spacial score (nSPS) is 29.2. The van der Waals surface area contributed by atoms with Crippen LogP contribution in [-0.2, 0) is 14.1 Å². The van der Waals surface area contributed by atoms with Gasteiger partial charge in [-0.3, -0.25) is 9.36 Å². The Morgan fingerprint density at radius 3 is 2.32 bits per heavy atom. The number of carbonyl (C=O) groups is 1. The molecule has 2 aromatic rings. The first-order valence-electron chi connectivity index (χ1n) is 9.47. The zero-order chi connectivity index (χ0) is 19.7. The Labute approximate surface area is 165 Å². The molecule has 4 atom stereocenters. The summed E-state index contributed by atoms with van der Waals surface area (Å²) in [5.41, 5.74) is 1.14. The molecule has 1 saturated heterocycles. The summed E-state index contributed by atoms with van der Waals surface area (Å²) in [6.07, 6.45) is 6.47. The van der Waals surface area contributed by atoms with Gasteiger partial charge in [0.25, 0.3) is 0 Å². The Morgan fingerprint density at radius 2 is 1.68 bits per heavy atom. The van der Waals surface area contributed by atoms with E-state index in [2.05, 4.69) is 24.3 Å². The van der Waals surface area contributed by atoms with Crippen molar-refractivity contribution in [3.05, 3.63) is 89.8 Å². The molecule has 2 aliphatic rings. The fourth-order valence-corrected chi connectivity index (χ4v) is 7.60. The summed E-state index contributed by atoms with van der Waals surface area (Å²) < 4.78 is 21.4. The molecule has 4 rings (SSSR count). The number of ether oxygens (including phenoxy) is 1. The van der Waals surface area contributed by atoms with Crippen LogP contribution in [-0.4, -0.2) is 24.8 Å². The largest absolute Gasteiger partial charge is 0.469 e. The predicted molar refractivity (Wildman–Crippen MR) is 111 cm³/mol. The van der Waals surface area contributed by atoms with Crippen LogP contribution in [0.3, 0.4) is 0 Å². The first kappa shape index (κ1) is 18.9. The Bertz CT molecular complexity index is 968. The number of nitrogens with zero attached hydrogens (tertiary/aromatic N) is 1. The SMILES string of the molecule is COC(=O)C[C@H]1C=C[C@@H]2C(=C1)P(=O)(c1ccccc1)N(C)[C@H]2c1ccccc1. The van der Waals surface area contributed by atoms with Crippen LogP contribution in [0.25, 0.3) is 0 Å². The lowest BCUT2D eigenvalue weighted by Gasteiger charge is -2.26. The molecule has 1 heterocycles. The Kier molecular flexibility index (Phi) is 5.09. The number of rotatable bonds is 4. The van der Waals surface area contributed by atoms with Gasteiger partial charge in [0.15, 0.2) is 0 Å². The van der Waals surface area contributed by atoms with E-state index in [4.69, 9.17) is 4.74 Å². The van der Waals surface area contributed by atoms with Crippen molar-refractivity contribution in [2.75, 3.05) is 14.2 Å². The van der Waals surface area contributed by atoms with Gasteiger partial charge in [0.05, 0.1) is 19.6 Å². The quantitative estimate of drug-likeness (QED) is 0.435. The van der Waals surface area contributed by atoms with Crippen molar-refractivity contribution in [1.29, 1.82) is 0 Å². The van der Waals surface area contributed by atoms with Crippen molar-refractivity contribution in [3.63, 3.8) is 0 Å². The van der Waals surface area contributed by atoms with Crippen molar-refractivity contribution in [1.82, 2.24) is 4.67 Å². The Balaban J connectivity index is 1.83. The van der Waals surface area contributed by atoms with Crippen LogP contribution in [0.2, 0.25) is 0 Å². The maximum atomic E-state index is 14.5. The van der Waals surface area contributed by atoms with Gasteiger partial charge in [0.2, 0.25) is 7.29 Å². The summed E-state index contributed by atoms with van der Waals surface area (Å²) in [7, 11) is 0.385. The maximum absolute atomic E-state index is 14.5. The first-order valence-corrected chi connectivity index (χ1v) is 11.1. The van der Waals surface area contributed by atoms with Gasteiger partial charge < -0.3 is 4.74 Å². The highest BCUT2D eigenvalue weighted by Crippen LogP contribution is 2.70. The molecule has 1 aliphatic heterocycles. The molecule has 5 heteroatoms. The average Bonchev–Trinajstić information content (AvgIpc) is 2.97. The third-order valence-corrected chi connectivity index (χ3v) is 8.99. The van der Waals surface area contributed by atoms with E-state index in [9.17, 15) is 9.36 Å². The third kappa shape index (κ3) is 3.07. The second kappa shape index (κ2) is 7.54. The topological polar surface area (TPSA) is 46.6 Å². The minimum absolute atomic E-state index is 0.00573. The summed E-state index contributed by atoms with van der Waals surface area (Å²) in [6, 6.07) is 19.9. The van der Waals surface area contributed by atoms with Crippen LogP contribution >= 0.6 is 7.29 Å². The van der Waals surface area contributed by atoms with E-state index in [0.717, 1.165) is 16.2 Å². The van der Waals surface area contributed by atoms with Gasteiger partial charge in [-0.25, -0.2) is 4.67 Å². The van der Waals surface area contributed by atoms with Crippen molar-refractivity contribution >= 4 is 18.6 Å². The summed E-state index contributed by atoms with van der Waals surface area (Å²) >= 11 is 0. The fourth-order valence-electron chi connectivity index (χ4n) is 4.34. The highest BCUT2D eigenvalue weighted by molar-refractivity contribution is 7.73. The van der Waals surface area contributed by atoms with Gasteiger partial charge >= 0.3 is 5.97 Å². The minimum Gasteiger partial charge on any atom is -0.469 e. The van der Waals surface area contributed by atoms with Crippen LogP contribution in [0, 0.1) is 11.8 Å². The molecule has 0 spiro atoms. The van der Waals surface area contributed by atoms with Crippen molar-refractivity contribution in [3.8, 4) is 0 Å². The van der Waals surface area contributed by atoms with Gasteiger partial charge in [0.1, 0.15) is 0 Å². The number of methoxy groups -OCH3 is 1. The molecule has 0 amide bonds. The van der Waals surface area contributed by atoms with Crippen LogP contribution in [0.4, 0.5) is 0 Å². The second-order valence-electron chi connectivity index (χ2n) is 7.29. The monoisotopic (exact) mass is 393 g/mol. The zero-order valence-electron chi connectivity index (χ0n) is 16.1. The molecular formula is C23H24NO3P. The molecule has 2 aromatic carbocycles. The smallest absolute Gasteiger partial charge is 0.306 e. The van der Waals surface area contributed by atoms with Crippen LogP contribution in [0.1, 0.15) is 18.0 Å². The van der Waals surface area contributed by atoms with Crippen molar-refractivity contribution in [2.45, 2.75) is 12.5 Å². The molecule has 0 radical (unpaired) electrons. The van der Waals surface area contributed by atoms with E-state index in [1.807, 2.05) is 66.3 Å². The van der Waals surface area contributed by atoms with E-state index in [0.29, 0.717) is 0 Å². The van der Waals surface area contributed by atoms with Crippen molar-refractivity contribution in [2.24, 2.45) is 11.8 Å². The summed E-state index contributed by atoms with van der Waals surface area (Å²) in [6.45, 7) is 0.